The Labute approximate surface area is 85.2 Å². The maximum Gasteiger partial charge on any atom is 0.125 e. The molecule has 0 bridgehead atoms. The van der Waals surface area contributed by atoms with Crippen LogP contribution in [0.1, 0.15) is 29.7 Å². The second kappa shape index (κ2) is 3.65. The highest BCUT2D eigenvalue weighted by Gasteiger charge is 2.18. The second-order valence-corrected chi connectivity index (χ2v) is 3.98. The Morgan fingerprint density at radius 1 is 1.36 bits per heavy atom. The lowest BCUT2D eigenvalue weighted by Crippen LogP contribution is -2.29. The van der Waals surface area contributed by atoms with Gasteiger partial charge in [0.2, 0.25) is 0 Å². The molecule has 3 heteroatoms. The molecule has 0 radical (unpaired) electrons. The molecule has 1 aromatic heterocycles. The summed E-state index contributed by atoms with van der Waals surface area (Å²) in [6, 6.07) is 0. The van der Waals surface area contributed by atoms with Crippen molar-refractivity contribution in [3.63, 3.8) is 0 Å². The fraction of sp³-hybridized carbons (Fsp3) is 0.636. The summed E-state index contributed by atoms with van der Waals surface area (Å²) in [5, 5.41) is 0. The topological polar surface area (TPSA) is 29.0 Å². The maximum atomic E-state index is 4.52. The molecule has 0 fully saturated rings. The van der Waals surface area contributed by atoms with Crippen LogP contribution >= 0.6 is 0 Å². The lowest BCUT2D eigenvalue weighted by molar-refractivity contribution is 0.307. The quantitative estimate of drug-likeness (QED) is 0.670. The van der Waals surface area contributed by atoms with Crippen molar-refractivity contribution < 1.29 is 0 Å². The summed E-state index contributed by atoms with van der Waals surface area (Å²) in [6.07, 6.45) is 2.09. The predicted molar refractivity (Wildman–Crippen MR) is 56.2 cm³/mol. The Bertz CT molecular complexity index is 329. The average Bonchev–Trinajstić information content (AvgIpc) is 2.17. The van der Waals surface area contributed by atoms with Crippen molar-refractivity contribution >= 4 is 0 Å². The van der Waals surface area contributed by atoms with Gasteiger partial charge in [-0.1, -0.05) is 6.92 Å². The summed E-state index contributed by atoms with van der Waals surface area (Å²) < 4.78 is 0. The minimum Gasteiger partial charge on any atom is -0.302 e. The summed E-state index contributed by atoms with van der Waals surface area (Å²) in [5.74, 6) is 0.921. The molecular formula is C11H17N3. The van der Waals surface area contributed by atoms with Crippen molar-refractivity contribution in [2.75, 3.05) is 13.6 Å². The molecule has 0 amide bonds. The van der Waals surface area contributed by atoms with Crippen LogP contribution in [-0.2, 0) is 19.4 Å². The van der Waals surface area contributed by atoms with Gasteiger partial charge in [-0.25, -0.2) is 9.97 Å². The number of likely N-dealkylation sites (N-methyl/N-ethyl adjacent to an activating group) is 1. The highest BCUT2D eigenvalue weighted by molar-refractivity contribution is 5.28. The highest BCUT2D eigenvalue weighted by Crippen LogP contribution is 2.19. The van der Waals surface area contributed by atoms with E-state index in [2.05, 4.69) is 28.8 Å². The van der Waals surface area contributed by atoms with Gasteiger partial charge in [0.1, 0.15) is 5.82 Å². The first kappa shape index (κ1) is 9.59. The van der Waals surface area contributed by atoms with Crippen LogP contribution in [0.25, 0.3) is 0 Å². The molecular weight excluding hydrogens is 174 g/mol. The van der Waals surface area contributed by atoms with E-state index in [1.54, 1.807) is 0 Å². The van der Waals surface area contributed by atoms with Crippen LogP contribution in [0.4, 0.5) is 0 Å². The molecule has 0 saturated carbocycles. The Kier molecular flexibility index (Phi) is 2.50. The number of rotatable bonds is 1. The van der Waals surface area contributed by atoms with Gasteiger partial charge in [-0.05, 0) is 20.4 Å². The monoisotopic (exact) mass is 191 g/mol. The summed E-state index contributed by atoms with van der Waals surface area (Å²) in [4.78, 5) is 11.4. The number of aromatic nitrogens is 2. The SMILES string of the molecule is CCc1nc(C)nc2c1CN(C)CC2. The van der Waals surface area contributed by atoms with E-state index >= 15 is 0 Å². The lowest BCUT2D eigenvalue weighted by Gasteiger charge is -2.25. The van der Waals surface area contributed by atoms with E-state index in [1.165, 1.54) is 17.0 Å². The molecule has 1 aromatic rings. The molecule has 0 unspecified atom stereocenters. The van der Waals surface area contributed by atoms with Crippen LogP contribution in [0, 0.1) is 6.92 Å². The van der Waals surface area contributed by atoms with E-state index in [0.29, 0.717) is 0 Å². The number of nitrogens with zero attached hydrogens (tertiary/aromatic N) is 3. The molecule has 0 N–H and O–H groups in total. The van der Waals surface area contributed by atoms with Gasteiger partial charge in [-0.2, -0.15) is 0 Å². The largest absolute Gasteiger partial charge is 0.302 e. The Morgan fingerprint density at radius 2 is 2.14 bits per heavy atom. The first-order chi connectivity index (χ1) is 6.70. The van der Waals surface area contributed by atoms with E-state index < -0.39 is 0 Å². The summed E-state index contributed by atoms with van der Waals surface area (Å²) in [7, 11) is 2.15. The van der Waals surface area contributed by atoms with Crippen molar-refractivity contribution in [3.8, 4) is 0 Å². The first-order valence-electron chi connectivity index (χ1n) is 5.24. The third-order valence-corrected chi connectivity index (χ3v) is 2.78. The van der Waals surface area contributed by atoms with Crippen molar-refractivity contribution in [2.24, 2.45) is 0 Å². The van der Waals surface area contributed by atoms with Crippen molar-refractivity contribution in [1.29, 1.82) is 0 Å². The van der Waals surface area contributed by atoms with Gasteiger partial charge in [-0.3, -0.25) is 0 Å². The average molecular weight is 191 g/mol. The third-order valence-electron chi connectivity index (χ3n) is 2.78. The molecule has 2 rings (SSSR count). The normalized spacial score (nSPS) is 16.8. The molecule has 0 aliphatic carbocycles. The summed E-state index contributed by atoms with van der Waals surface area (Å²) in [6.45, 7) is 6.28. The lowest BCUT2D eigenvalue weighted by atomic mass is 10.0. The number of hydrogen-bond donors (Lipinski definition) is 0. The molecule has 0 spiro atoms. The fourth-order valence-electron chi connectivity index (χ4n) is 2.04. The zero-order valence-electron chi connectivity index (χ0n) is 9.17. The highest BCUT2D eigenvalue weighted by atomic mass is 15.1. The molecule has 2 heterocycles. The summed E-state index contributed by atoms with van der Waals surface area (Å²) >= 11 is 0. The van der Waals surface area contributed by atoms with Gasteiger partial charge in [0.05, 0.1) is 5.69 Å². The van der Waals surface area contributed by atoms with Gasteiger partial charge in [-0.15, -0.1) is 0 Å². The first-order valence-corrected chi connectivity index (χ1v) is 5.24. The standard InChI is InChI=1S/C11H17N3/c1-4-10-9-7-14(3)6-5-11(9)13-8(2)12-10/h4-7H2,1-3H3. The minimum atomic E-state index is 0.921. The fourth-order valence-corrected chi connectivity index (χ4v) is 2.04. The molecule has 14 heavy (non-hydrogen) atoms. The Hall–Kier alpha value is -0.960. The van der Waals surface area contributed by atoms with Gasteiger partial charge >= 0.3 is 0 Å². The van der Waals surface area contributed by atoms with Gasteiger partial charge < -0.3 is 4.90 Å². The molecule has 3 nitrogen and oxygen atoms in total. The van der Waals surface area contributed by atoms with Crippen LogP contribution in [0.2, 0.25) is 0 Å². The van der Waals surface area contributed by atoms with Gasteiger partial charge in [0, 0.05) is 30.8 Å². The number of aryl methyl sites for hydroxylation is 2. The molecule has 76 valence electrons. The zero-order valence-corrected chi connectivity index (χ0v) is 9.17. The van der Waals surface area contributed by atoms with E-state index in [4.69, 9.17) is 0 Å². The van der Waals surface area contributed by atoms with Crippen LogP contribution in [-0.4, -0.2) is 28.5 Å². The van der Waals surface area contributed by atoms with Crippen molar-refractivity contribution in [1.82, 2.24) is 14.9 Å². The molecule has 0 atom stereocenters. The minimum absolute atomic E-state index is 0.921. The third kappa shape index (κ3) is 1.64. The molecule has 0 aromatic carbocycles. The van der Waals surface area contributed by atoms with Gasteiger partial charge in [0.15, 0.2) is 0 Å². The predicted octanol–water partition coefficient (Wildman–Crippen LogP) is 1.34. The second-order valence-electron chi connectivity index (χ2n) is 3.98. The smallest absolute Gasteiger partial charge is 0.125 e. The summed E-state index contributed by atoms with van der Waals surface area (Å²) in [5.41, 5.74) is 3.87. The van der Waals surface area contributed by atoms with Crippen LogP contribution in [0.3, 0.4) is 0 Å². The Balaban J connectivity index is 2.47. The zero-order chi connectivity index (χ0) is 10.1. The van der Waals surface area contributed by atoms with E-state index in [-0.39, 0.29) is 0 Å². The number of hydrogen-bond acceptors (Lipinski definition) is 3. The molecule has 1 aliphatic rings. The van der Waals surface area contributed by atoms with Gasteiger partial charge in [0.25, 0.3) is 0 Å². The Morgan fingerprint density at radius 3 is 2.86 bits per heavy atom. The van der Waals surface area contributed by atoms with Crippen LogP contribution in [0.5, 0.6) is 0 Å². The maximum absolute atomic E-state index is 4.52. The van der Waals surface area contributed by atoms with Crippen LogP contribution < -0.4 is 0 Å². The van der Waals surface area contributed by atoms with Crippen LogP contribution in [0.15, 0.2) is 0 Å². The number of fused-ring (bicyclic) bond motifs is 1. The van der Waals surface area contributed by atoms with E-state index in [0.717, 1.165) is 31.8 Å². The van der Waals surface area contributed by atoms with Crippen molar-refractivity contribution in [3.05, 3.63) is 22.8 Å². The molecule has 0 saturated heterocycles. The molecule has 1 aliphatic heterocycles. The van der Waals surface area contributed by atoms with Crippen molar-refractivity contribution in [2.45, 2.75) is 33.2 Å². The van der Waals surface area contributed by atoms with E-state index in [9.17, 15) is 0 Å². The van der Waals surface area contributed by atoms with E-state index in [1.807, 2.05) is 6.92 Å².